The van der Waals surface area contributed by atoms with Gasteiger partial charge in [0.2, 0.25) is 5.36 Å². The van der Waals surface area contributed by atoms with Crippen LogP contribution in [0, 0.1) is 5.92 Å². The molecule has 1 aromatic carbocycles. The van der Waals surface area contributed by atoms with Crippen LogP contribution >= 0.6 is 0 Å². The largest absolute Gasteiger partial charge is 0.673 e. The number of carbonyl (C=O) groups excluding carboxylic acids is 2. The first-order valence-corrected chi connectivity index (χ1v) is 14.5. The van der Waals surface area contributed by atoms with Gasteiger partial charge in [-0.1, -0.05) is 32.9 Å². The van der Waals surface area contributed by atoms with Crippen LogP contribution in [0.4, 0.5) is 23.0 Å². The van der Waals surface area contributed by atoms with Crippen LogP contribution in [0.1, 0.15) is 70.1 Å². The summed E-state index contributed by atoms with van der Waals surface area (Å²) in [5, 5.41) is 1.10. The standard InChI is InChI=1S/C32H39N2O4.BF4/c1-8-33(9-2)22-13-16-24-21(18-29(32(5,6)7)37-27(24)19-22)12-15-26-30(35)25-17-14-23(34(10-3)11-4)20-28(25)38-31(26)36;2-1(3,4)5/h12-20,26H,8-11H2,1-7H3;/q+1;-1/b15-12+;. The van der Waals surface area contributed by atoms with Crippen molar-refractivity contribution < 1.29 is 36.0 Å². The molecule has 0 spiro atoms. The first-order valence-electron chi connectivity index (χ1n) is 14.5. The van der Waals surface area contributed by atoms with Crippen molar-refractivity contribution in [3.63, 3.8) is 0 Å². The van der Waals surface area contributed by atoms with E-state index in [1.165, 1.54) is 0 Å². The van der Waals surface area contributed by atoms with Crippen molar-refractivity contribution in [1.29, 1.82) is 0 Å². The summed E-state index contributed by atoms with van der Waals surface area (Å²) in [5.41, 5.74) is 2.96. The number of esters is 1. The lowest BCUT2D eigenvalue weighted by atomic mass is 9.89. The summed E-state index contributed by atoms with van der Waals surface area (Å²) in [4.78, 5) is 28.5. The number of hydrogen-bond donors (Lipinski definition) is 0. The van der Waals surface area contributed by atoms with Gasteiger partial charge in [-0.15, -0.1) is 0 Å². The van der Waals surface area contributed by atoms with Gasteiger partial charge in [-0.25, -0.2) is 4.58 Å². The number of fused-ring (bicyclic) bond motifs is 2. The van der Waals surface area contributed by atoms with Gasteiger partial charge in [0, 0.05) is 41.9 Å². The van der Waals surface area contributed by atoms with Crippen molar-refractivity contribution in [2.75, 3.05) is 31.1 Å². The average Bonchev–Trinajstić information content (AvgIpc) is 2.92. The summed E-state index contributed by atoms with van der Waals surface area (Å²) in [7, 11) is -6.00. The third-order valence-corrected chi connectivity index (χ3v) is 7.22. The minimum absolute atomic E-state index is 0.219. The second kappa shape index (κ2) is 13.6. The van der Waals surface area contributed by atoms with E-state index in [1.807, 2.05) is 24.3 Å². The second-order valence-electron chi connectivity index (χ2n) is 11.1. The molecule has 3 aliphatic rings. The summed E-state index contributed by atoms with van der Waals surface area (Å²) < 4.78 is 53.3. The molecule has 0 aromatic heterocycles. The van der Waals surface area contributed by atoms with E-state index in [9.17, 15) is 26.9 Å². The number of Topliss-reactive ketones (excluding diaryl/α,β-unsaturated/α-hetero) is 1. The fraction of sp³-hybridized carbons (Fsp3) is 0.406. The highest BCUT2D eigenvalue weighted by atomic mass is 19.5. The zero-order chi connectivity index (χ0) is 32.1. The summed E-state index contributed by atoms with van der Waals surface area (Å²) >= 11 is 0. The van der Waals surface area contributed by atoms with Crippen molar-refractivity contribution in [3.05, 3.63) is 70.8 Å². The monoisotopic (exact) mass is 602 g/mol. The van der Waals surface area contributed by atoms with Gasteiger partial charge in [0.1, 0.15) is 36.3 Å². The van der Waals surface area contributed by atoms with E-state index in [2.05, 4.69) is 70.1 Å². The molecule has 6 nitrogen and oxygen atoms in total. The van der Waals surface area contributed by atoms with Crippen LogP contribution in [0.25, 0.3) is 17.4 Å². The normalized spacial score (nSPS) is 15.2. The van der Waals surface area contributed by atoms with Crippen molar-refractivity contribution in [2.45, 2.75) is 53.9 Å². The van der Waals surface area contributed by atoms with Crippen molar-refractivity contribution in [2.24, 2.45) is 5.92 Å². The SMILES string of the molecule is CCN(CC)c1ccc2c(c1)OC(=O)C(/C=C/c1cc(C(C)(C)C)oc3cc(=[N+](CC)CC)ccc1-3)C2=O.F[B-](F)(F)F. The first kappa shape index (κ1) is 33.6. The quantitative estimate of drug-likeness (QED) is 0.0723. The summed E-state index contributed by atoms with van der Waals surface area (Å²) in [5.74, 6) is 0.129. The maximum absolute atomic E-state index is 13.4. The van der Waals surface area contributed by atoms with Crippen molar-refractivity contribution in [1.82, 2.24) is 4.58 Å². The number of hydrogen-bond acceptors (Lipinski definition) is 5. The molecule has 0 fully saturated rings. The van der Waals surface area contributed by atoms with Crippen molar-refractivity contribution >= 4 is 30.8 Å². The third kappa shape index (κ3) is 8.36. The highest BCUT2D eigenvalue weighted by molar-refractivity contribution is 6.50. The molecule has 2 heterocycles. The molecule has 0 radical (unpaired) electrons. The Hall–Kier alpha value is -3.89. The van der Waals surface area contributed by atoms with Gasteiger partial charge >= 0.3 is 13.2 Å². The first-order chi connectivity index (χ1) is 20.1. The van der Waals surface area contributed by atoms with Gasteiger partial charge in [-0.3, -0.25) is 9.59 Å². The molecule has 1 aromatic rings. The number of ketones is 1. The van der Waals surface area contributed by atoms with Gasteiger partial charge in [-0.05, 0) is 57.5 Å². The van der Waals surface area contributed by atoms with Crippen LogP contribution in [0.3, 0.4) is 0 Å². The molecule has 4 rings (SSSR count). The van der Waals surface area contributed by atoms with E-state index in [4.69, 9.17) is 9.15 Å². The molecular weight excluding hydrogens is 563 g/mol. The molecule has 43 heavy (non-hydrogen) atoms. The molecule has 0 bridgehead atoms. The second-order valence-corrected chi connectivity index (χ2v) is 11.1. The van der Waals surface area contributed by atoms with Gasteiger partial charge in [0.25, 0.3) is 0 Å². The molecule has 11 heteroatoms. The van der Waals surface area contributed by atoms with Gasteiger partial charge in [0.15, 0.2) is 5.78 Å². The lowest BCUT2D eigenvalue weighted by Crippen LogP contribution is -2.32. The van der Waals surface area contributed by atoms with E-state index >= 15 is 0 Å². The van der Waals surface area contributed by atoms with Crippen LogP contribution in [-0.4, -0.2) is 45.2 Å². The molecule has 1 unspecified atom stereocenters. The van der Waals surface area contributed by atoms with E-state index < -0.39 is 19.1 Å². The van der Waals surface area contributed by atoms with E-state index in [0.717, 1.165) is 59.9 Å². The number of benzene rings is 2. The lowest BCUT2D eigenvalue weighted by Gasteiger charge is -2.25. The Morgan fingerprint density at radius 1 is 0.907 bits per heavy atom. The van der Waals surface area contributed by atoms with Crippen LogP contribution in [-0.2, 0) is 10.2 Å². The zero-order valence-corrected chi connectivity index (χ0v) is 25.7. The van der Waals surface area contributed by atoms with Crippen LogP contribution in [0.2, 0.25) is 0 Å². The molecule has 232 valence electrons. The van der Waals surface area contributed by atoms with E-state index in [1.54, 1.807) is 18.2 Å². The topological polar surface area (TPSA) is 62.8 Å². The number of halogens is 4. The summed E-state index contributed by atoms with van der Waals surface area (Å²) in [6.45, 7) is 18.2. The molecular formula is C32H39BF4N2O4. The summed E-state index contributed by atoms with van der Waals surface area (Å²) in [6, 6.07) is 13.7. The Morgan fingerprint density at radius 3 is 2.07 bits per heavy atom. The van der Waals surface area contributed by atoms with E-state index in [0.29, 0.717) is 11.3 Å². The molecule has 1 aliphatic carbocycles. The number of ether oxygens (including phenoxy) is 1. The minimum Gasteiger partial charge on any atom is -0.460 e. The molecule has 0 saturated carbocycles. The van der Waals surface area contributed by atoms with E-state index in [-0.39, 0.29) is 11.2 Å². The maximum atomic E-state index is 13.4. The number of rotatable bonds is 7. The van der Waals surface area contributed by atoms with Crippen LogP contribution in [0.5, 0.6) is 5.75 Å². The highest BCUT2D eigenvalue weighted by Crippen LogP contribution is 2.35. The molecule has 2 aliphatic heterocycles. The number of anilines is 1. The maximum Gasteiger partial charge on any atom is 0.673 e. The predicted molar refractivity (Wildman–Crippen MR) is 163 cm³/mol. The van der Waals surface area contributed by atoms with Gasteiger partial charge in [-0.2, -0.15) is 0 Å². The summed E-state index contributed by atoms with van der Waals surface area (Å²) in [6.07, 6.45) is 3.51. The van der Waals surface area contributed by atoms with Gasteiger partial charge < -0.3 is 31.3 Å². The Morgan fingerprint density at radius 2 is 1.51 bits per heavy atom. The zero-order valence-electron chi connectivity index (χ0n) is 25.7. The van der Waals surface area contributed by atoms with Crippen LogP contribution in [0.15, 0.2) is 53.0 Å². The Bertz CT molecular complexity index is 1520. The number of carbonyl (C=O) groups is 2. The predicted octanol–water partition coefficient (Wildman–Crippen LogP) is 7.07. The fourth-order valence-corrected chi connectivity index (χ4v) is 4.89. The fourth-order valence-electron chi connectivity index (χ4n) is 4.89. The third-order valence-electron chi connectivity index (χ3n) is 7.22. The Balaban J connectivity index is 0.000000934. The average molecular weight is 602 g/mol. The Labute approximate surface area is 250 Å². The number of nitrogens with zero attached hydrogens (tertiary/aromatic N) is 2. The lowest BCUT2D eigenvalue weighted by molar-refractivity contribution is -0.136. The van der Waals surface area contributed by atoms with Gasteiger partial charge in [0.05, 0.1) is 11.6 Å². The van der Waals surface area contributed by atoms with Crippen molar-refractivity contribution in [3.8, 4) is 17.1 Å². The molecule has 0 saturated heterocycles. The Kier molecular flexibility index (Phi) is 10.6. The molecule has 0 amide bonds. The molecule has 0 N–H and O–H groups in total. The smallest absolute Gasteiger partial charge is 0.460 e. The molecule has 1 atom stereocenters. The van der Waals surface area contributed by atoms with Crippen LogP contribution < -0.4 is 19.6 Å². The minimum atomic E-state index is -6.00. The highest BCUT2D eigenvalue weighted by Gasteiger charge is 2.35.